The zero-order valence-electron chi connectivity index (χ0n) is 18.8. The summed E-state index contributed by atoms with van der Waals surface area (Å²) in [4.78, 5) is 27.5. The Morgan fingerprint density at radius 3 is 2.50 bits per heavy atom. The fourth-order valence-corrected chi connectivity index (χ4v) is 5.09. The molecule has 3 heterocycles. The second kappa shape index (κ2) is 10.4. The number of hydrogen-bond acceptors (Lipinski definition) is 8. The third-order valence-corrected chi connectivity index (χ3v) is 7.40. The molecule has 1 aliphatic rings. The highest BCUT2D eigenvalue weighted by Gasteiger charge is 2.28. The molecule has 34 heavy (non-hydrogen) atoms. The lowest BCUT2D eigenvalue weighted by molar-refractivity contribution is 0.102. The lowest BCUT2D eigenvalue weighted by atomic mass is 10.1. The van der Waals surface area contributed by atoms with E-state index in [1.165, 1.54) is 16.7 Å². The van der Waals surface area contributed by atoms with E-state index in [0.717, 1.165) is 0 Å². The predicted molar refractivity (Wildman–Crippen MR) is 132 cm³/mol. The molecule has 0 aliphatic carbocycles. The molecule has 1 aromatic carbocycles. The fraction of sp³-hybridized carbons (Fsp3) is 0.273. The van der Waals surface area contributed by atoms with Gasteiger partial charge < -0.3 is 16.0 Å². The van der Waals surface area contributed by atoms with Gasteiger partial charge in [0, 0.05) is 37.9 Å². The maximum Gasteiger partial charge on any atom is 0.278 e. The van der Waals surface area contributed by atoms with Crippen LogP contribution in [-0.4, -0.2) is 71.7 Å². The van der Waals surface area contributed by atoms with Gasteiger partial charge in [0.25, 0.3) is 5.91 Å². The number of sulfonamides is 1. The van der Waals surface area contributed by atoms with Gasteiger partial charge in [-0.15, -0.1) is 12.4 Å². The van der Waals surface area contributed by atoms with E-state index in [9.17, 15) is 13.2 Å². The largest absolute Gasteiger partial charge is 0.382 e. The normalized spacial score (nSPS) is 14.9. The number of piperazine rings is 1. The summed E-state index contributed by atoms with van der Waals surface area (Å²) in [6.07, 6.45) is 4.57. The summed E-state index contributed by atoms with van der Waals surface area (Å²) in [5.74, 6) is -0.520. The van der Waals surface area contributed by atoms with Crippen LogP contribution in [0.4, 0.5) is 11.5 Å². The number of hydrogen-bond donors (Lipinski definition) is 2. The van der Waals surface area contributed by atoms with E-state index in [2.05, 4.69) is 25.2 Å². The monoisotopic (exact) mass is 503 g/mol. The van der Waals surface area contributed by atoms with Gasteiger partial charge in [-0.2, -0.15) is 4.31 Å². The number of likely N-dealkylation sites (N-methyl/N-ethyl adjacent to an activating group) is 1. The van der Waals surface area contributed by atoms with Crippen molar-refractivity contribution in [3.63, 3.8) is 0 Å². The van der Waals surface area contributed by atoms with Crippen LogP contribution in [0.25, 0.3) is 11.3 Å². The first-order valence-electron chi connectivity index (χ1n) is 10.4. The van der Waals surface area contributed by atoms with Crippen molar-refractivity contribution in [3.8, 4) is 11.3 Å². The molecule has 0 saturated carbocycles. The van der Waals surface area contributed by atoms with Gasteiger partial charge in [-0.25, -0.2) is 18.4 Å². The topological polar surface area (TPSA) is 134 Å². The van der Waals surface area contributed by atoms with Gasteiger partial charge in [0.05, 0.1) is 28.7 Å². The summed E-state index contributed by atoms with van der Waals surface area (Å²) in [6, 6.07) is 8.26. The zero-order chi connectivity index (χ0) is 23.6. The molecule has 1 amide bonds. The van der Waals surface area contributed by atoms with E-state index in [4.69, 9.17) is 5.73 Å². The zero-order valence-corrected chi connectivity index (χ0v) is 20.4. The minimum atomic E-state index is -3.59. The van der Waals surface area contributed by atoms with E-state index in [0.29, 0.717) is 48.7 Å². The van der Waals surface area contributed by atoms with E-state index in [1.807, 2.05) is 7.05 Å². The lowest BCUT2D eigenvalue weighted by Crippen LogP contribution is -2.47. The number of rotatable bonds is 5. The van der Waals surface area contributed by atoms with Gasteiger partial charge in [0.2, 0.25) is 10.0 Å². The maximum absolute atomic E-state index is 13.1. The van der Waals surface area contributed by atoms with E-state index in [1.54, 1.807) is 43.5 Å². The van der Waals surface area contributed by atoms with Crippen molar-refractivity contribution in [2.75, 3.05) is 44.3 Å². The van der Waals surface area contributed by atoms with Gasteiger partial charge in [-0.3, -0.25) is 9.78 Å². The van der Waals surface area contributed by atoms with Crippen LogP contribution in [0.5, 0.6) is 0 Å². The quantitative estimate of drug-likeness (QED) is 0.540. The number of halogens is 1. The molecule has 1 aliphatic heterocycles. The van der Waals surface area contributed by atoms with Crippen molar-refractivity contribution in [2.45, 2.75) is 11.8 Å². The Morgan fingerprint density at radius 1 is 1.12 bits per heavy atom. The number of aryl methyl sites for hydroxylation is 1. The molecule has 4 rings (SSSR count). The third-order valence-electron chi connectivity index (χ3n) is 5.51. The van der Waals surface area contributed by atoms with Crippen LogP contribution in [0.2, 0.25) is 0 Å². The standard InChI is InChI=1S/C22H25N7O3S.ClH/c1-15-12-17(33(31,32)29-10-8-28(2)9-11-29)5-6-18(15)19-14-25-21(23)20(27-19)22(30)26-16-4-3-7-24-13-16;/h3-7,12-14H,8-11H2,1-2H3,(H2,23,25)(H,26,30);1H. The van der Waals surface area contributed by atoms with Crippen LogP contribution in [-0.2, 0) is 10.0 Å². The van der Waals surface area contributed by atoms with Gasteiger partial charge >= 0.3 is 0 Å². The highest BCUT2D eigenvalue weighted by molar-refractivity contribution is 7.89. The predicted octanol–water partition coefficient (Wildman–Crippen LogP) is 2.04. The van der Waals surface area contributed by atoms with Crippen LogP contribution >= 0.6 is 12.4 Å². The van der Waals surface area contributed by atoms with Crippen LogP contribution in [0.1, 0.15) is 16.1 Å². The molecule has 0 atom stereocenters. The lowest BCUT2D eigenvalue weighted by Gasteiger charge is -2.31. The van der Waals surface area contributed by atoms with Crippen LogP contribution in [0, 0.1) is 6.92 Å². The average molecular weight is 504 g/mol. The highest BCUT2D eigenvalue weighted by Crippen LogP contribution is 2.27. The van der Waals surface area contributed by atoms with Crippen molar-refractivity contribution in [2.24, 2.45) is 0 Å². The first-order valence-corrected chi connectivity index (χ1v) is 11.8. The summed E-state index contributed by atoms with van der Waals surface area (Å²) < 4.78 is 27.6. The third kappa shape index (κ3) is 5.33. The number of aromatic nitrogens is 3. The molecular weight excluding hydrogens is 478 g/mol. The van der Waals surface area contributed by atoms with E-state index >= 15 is 0 Å². The second-order valence-electron chi connectivity index (χ2n) is 7.87. The summed E-state index contributed by atoms with van der Waals surface area (Å²) in [5.41, 5.74) is 8.15. The summed E-state index contributed by atoms with van der Waals surface area (Å²) >= 11 is 0. The molecule has 0 bridgehead atoms. The molecule has 180 valence electrons. The number of carbonyl (C=O) groups is 1. The van der Waals surface area contributed by atoms with Crippen LogP contribution in [0.3, 0.4) is 0 Å². The number of nitrogen functional groups attached to an aromatic ring is 1. The summed E-state index contributed by atoms with van der Waals surface area (Å²) in [5, 5.41) is 2.69. The number of nitrogens with one attached hydrogen (secondary N) is 1. The van der Waals surface area contributed by atoms with E-state index in [-0.39, 0.29) is 28.8 Å². The van der Waals surface area contributed by atoms with Crippen molar-refractivity contribution in [1.82, 2.24) is 24.2 Å². The Hall–Kier alpha value is -3.12. The number of benzene rings is 1. The summed E-state index contributed by atoms with van der Waals surface area (Å²) in [7, 11) is -1.62. The second-order valence-corrected chi connectivity index (χ2v) is 9.81. The number of nitrogens with two attached hydrogens (primary N) is 1. The Kier molecular flexibility index (Phi) is 7.82. The highest BCUT2D eigenvalue weighted by atomic mass is 35.5. The number of amides is 1. The number of nitrogens with zero attached hydrogens (tertiary/aromatic N) is 5. The van der Waals surface area contributed by atoms with E-state index < -0.39 is 15.9 Å². The maximum atomic E-state index is 13.1. The van der Waals surface area contributed by atoms with Crippen molar-refractivity contribution in [3.05, 3.63) is 60.2 Å². The van der Waals surface area contributed by atoms with Crippen LogP contribution in [0.15, 0.2) is 53.8 Å². The first kappa shape index (κ1) is 25.5. The Balaban J connectivity index is 0.00000324. The average Bonchev–Trinajstić information content (AvgIpc) is 2.80. The molecule has 0 unspecified atom stereocenters. The molecule has 12 heteroatoms. The minimum absolute atomic E-state index is 0. The number of carbonyl (C=O) groups excluding carboxylic acids is 1. The number of anilines is 2. The van der Waals surface area contributed by atoms with Crippen molar-refractivity contribution < 1.29 is 13.2 Å². The minimum Gasteiger partial charge on any atom is -0.382 e. The Labute approximate surface area is 204 Å². The number of pyridine rings is 1. The van der Waals surface area contributed by atoms with Gasteiger partial charge in [-0.1, -0.05) is 6.07 Å². The van der Waals surface area contributed by atoms with Gasteiger partial charge in [0.15, 0.2) is 11.5 Å². The molecule has 1 fully saturated rings. The molecule has 1 saturated heterocycles. The Bertz CT molecular complexity index is 1280. The van der Waals surface area contributed by atoms with Crippen LogP contribution < -0.4 is 11.1 Å². The molecular formula is C22H26ClN7O3S. The van der Waals surface area contributed by atoms with Crippen molar-refractivity contribution in [1.29, 1.82) is 0 Å². The van der Waals surface area contributed by atoms with Gasteiger partial charge in [-0.05, 0) is 43.8 Å². The fourth-order valence-electron chi connectivity index (χ4n) is 3.58. The molecule has 3 aromatic rings. The molecule has 3 N–H and O–H groups in total. The first-order chi connectivity index (χ1) is 15.8. The SMILES string of the molecule is Cc1cc(S(=O)(=O)N2CCN(C)CC2)ccc1-c1cnc(N)c(C(=O)Nc2cccnc2)n1.Cl. The smallest absolute Gasteiger partial charge is 0.278 e. The molecule has 2 aromatic heterocycles. The van der Waals surface area contributed by atoms with Gasteiger partial charge in [0.1, 0.15) is 0 Å². The molecule has 0 spiro atoms. The Morgan fingerprint density at radius 2 is 1.85 bits per heavy atom. The summed E-state index contributed by atoms with van der Waals surface area (Å²) in [6.45, 7) is 4.10. The van der Waals surface area contributed by atoms with Crippen molar-refractivity contribution >= 4 is 39.8 Å². The molecule has 0 radical (unpaired) electrons. The molecule has 10 nitrogen and oxygen atoms in total.